The summed E-state index contributed by atoms with van der Waals surface area (Å²) in [4.78, 5) is 20.1. The molecule has 1 aromatic heterocycles. The Morgan fingerprint density at radius 1 is 1.18 bits per heavy atom. The van der Waals surface area contributed by atoms with Crippen LogP contribution in [-0.2, 0) is 0 Å². The van der Waals surface area contributed by atoms with Gasteiger partial charge in [0.2, 0.25) is 5.89 Å². The molecule has 1 amide bonds. The highest BCUT2D eigenvalue weighted by Crippen LogP contribution is 2.33. The summed E-state index contributed by atoms with van der Waals surface area (Å²) >= 11 is 0. The first-order chi connectivity index (χ1) is 13.7. The number of piperidine rings is 3. The molecule has 0 spiro atoms. The predicted molar refractivity (Wildman–Crippen MR) is 106 cm³/mol. The molecule has 3 fully saturated rings. The van der Waals surface area contributed by atoms with Gasteiger partial charge in [-0.3, -0.25) is 4.79 Å². The van der Waals surface area contributed by atoms with Crippen LogP contribution in [0.5, 0.6) is 5.75 Å². The number of carbonyl (C=O) groups excluding carboxylic acids is 1. The lowest BCUT2D eigenvalue weighted by Gasteiger charge is -2.44. The van der Waals surface area contributed by atoms with Crippen molar-refractivity contribution in [3.05, 3.63) is 48.0 Å². The second kappa shape index (κ2) is 6.95. The van der Waals surface area contributed by atoms with Crippen LogP contribution >= 0.6 is 0 Å². The molecule has 6 heteroatoms. The molecule has 3 aliphatic rings. The molecular weight excluding hydrogens is 354 g/mol. The molecule has 0 unspecified atom stereocenters. The van der Waals surface area contributed by atoms with Crippen LogP contribution in [0.3, 0.4) is 0 Å². The number of oxazole rings is 1. The number of ether oxygens (including phenoxy) is 1. The zero-order chi connectivity index (χ0) is 19.1. The summed E-state index contributed by atoms with van der Waals surface area (Å²) in [6.07, 6.45) is 2.33. The van der Waals surface area contributed by atoms with E-state index in [0.29, 0.717) is 34.2 Å². The van der Waals surface area contributed by atoms with Crippen LogP contribution in [-0.4, -0.2) is 48.6 Å². The van der Waals surface area contributed by atoms with E-state index in [1.807, 2.05) is 42.5 Å². The average Bonchev–Trinajstić information content (AvgIpc) is 3.18. The number of methoxy groups -OCH3 is 1. The molecule has 4 heterocycles. The molecule has 0 saturated carbocycles. The van der Waals surface area contributed by atoms with Gasteiger partial charge >= 0.3 is 0 Å². The summed E-state index contributed by atoms with van der Waals surface area (Å²) in [6.45, 7) is 3.24. The highest BCUT2D eigenvalue weighted by atomic mass is 16.5. The second-order valence-corrected chi connectivity index (χ2v) is 7.59. The molecule has 3 aromatic rings. The highest BCUT2D eigenvalue weighted by Gasteiger charge is 2.35. The van der Waals surface area contributed by atoms with Crippen LogP contribution in [0.25, 0.3) is 22.6 Å². The smallest absolute Gasteiger partial charge is 0.253 e. The summed E-state index contributed by atoms with van der Waals surface area (Å²) in [5.74, 6) is 1.64. The van der Waals surface area contributed by atoms with Gasteiger partial charge in [-0.15, -0.1) is 0 Å². The van der Waals surface area contributed by atoms with Gasteiger partial charge in [0.05, 0.1) is 18.2 Å². The van der Waals surface area contributed by atoms with Gasteiger partial charge in [0, 0.05) is 12.6 Å². The molecule has 2 bridgehead atoms. The summed E-state index contributed by atoms with van der Waals surface area (Å²) in [7, 11) is 1.62. The fraction of sp³-hybridized carbons (Fsp3) is 0.364. The fourth-order valence-electron chi connectivity index (χ4n) is 4.44. The van der Waals surface area contributed by atoms with Crippen molar-refractivity contribution in [1.82, 2.24) is 15.2 Å². The Morgan fingerprint density at radius 3 is 2.75 bits per heavy atom. The van der Waals surface area contributed by atoms with Crippen LogP contribution in [0.4, 0.5) is 0 Å². The Kier molecular flexibility index (Phi) is 4.28. The normalized spacial score (nSPS) is 23.7. The maximum absolute atomic E-state index is 13.0. The Labute approximate surface area is 163 Å². The zero-order valence-electron chi connectivity index (χ0n) is 15.9. The minimum Gasteiger partial charge on any atom is -0.496 e. The molecule has 3 saturated heterocycles. The average molecular weight is 377 g/mol. The van der Waals surface area contributed by atoms with E-state index in [0.717, 1.165) is 38.0 Å². The van der Waals surface area contributed by atoms with Crippen LogP contribution in [0.15, 0.2) is 46.9 Å². The van der Waals surface area contributed by atoms with E-state index in [1.54, 1.807) is 7.11 Å². The standard InChI is InChI=1S/C22H23N3O3/c1-27-18-7-3-2-5-15(18)22-24-20-16(6-4-8-19(20)28-22)21(26)23-17-13-25-11-9-14(17)10-12-25/h2-8,14,17H,9-13H2,1H3,(H,23,26)/t17-/m1/s1. The monoisotopic (exact) mass is 377 g/mol. The lowest BCUT2D eigenvalue weighted by Crippen LogP contribution is -2.57. The van der Waals surface area contributed by atoms with Crippen molar-refractivity contribution in [1.29, 1.82) is 0 Å². The lowest BCUT2D eigenvalue weighted by atomic mass is 9.84. The van der Waals surface area contributed by atoms with Gasteiger partial charge < -0.3 is 19.4 Å². The van der Waals surface area contributed by atoms with E-state index in [2.05, 4.69) is 15.2 Å². The highest BCUT2D eigenvalue weighted by molar-refractivity contribution is 6.05. The number of fused-ring (bicyclic) bond motifs is 4. The van der Waals surface area contributed by atoms with Crippen molar-refractivity contribution in [2.45, 2.75) is 18.9 Å². The molecule has 0 radical (unpaired) electrons. The number of nitrogens with zero attached hydrogens (tertiary/aromatic N) is 2. The number of rotatable bonds is 4. The topological polar surface area (TPSA) is 67.6 Å². The third kappa shape index (κ3) is 2.94. The first-order valence-electron chi connectivity index (χ1n) is 9.79. The molecule has 3 aliphatic heterocycles. The maximum Gasteiger partial charge on any atom is 0.253 e. The van der Waals surface area contributed by atoms with Crippen molar-refractivity contribution in [3.63, 3.8) is 0 Å². The maximum atomic E-state index is 13.0. The van der Waals surface area contributed by atoms with Gasteiger partial charge in [0.15, 0.2) is 5.58 Å². The molecule has 6 rings (SSSR count). The molecule has 28 heavy (non-hydrogen) atoms. The van der Waals surface area contributed by atoms with Crippen LogP contribution in [0.1, 0.15) is 23.2 Å². The number of para-hydroxylation sites is 2. The first kappa shape index (κ1) is 17.3. The minimum absolute atomic E-state index is 0.0794. The Morgan fingerprint density at radius 2 is 2.00 bits per heavy atom. The van der Waals surface area contributed by atoms with Gasteiger partial charge in [-0.05, 0) is 56.1 Å². The summed E-state index contributed by atoms with van der Waals surface area (Å²) in [6, 6.07) is 13.3. The van der Waals surface area contributed by atoms with Crippen molar-refractivity contribution >= 4 is 17.0 Å². The SMILES string of the molecule is COc1ccccc1-c1nc2c(C(=O)N[C@@H]3CN4CCC3CC4)cccc2o1. The van der Waals surface area contributed by atoms with Crippen molar-refractivity contribution in [2.24, 2.45) is 5.92 Å². The van der Waals surface area contributed by atoms with Crippen LogP contribution in [0, 0.1) is 5.92 Å². The number of nitrogens with one attached hydrogen (secondary N) is 1. The fourth-order valence-corrected chi connectivity index (χ4v) is 4.44. The van der Waals surface area contributed by atoms with Gasteiger partial charge in [-0.25, -0.2) is 4.98 Å². The predicted octanol–water partition coefficient (Wildman–Crippen LogP) is 3.33. The molecule has 6 nitrogen and oxygen atoms in total. The van der Waals surface area contributed by atoms with E-state index >= 15 is 0 Å². The third-order valence-electron chi connectivity index (χ3n) is 5.97. The van der Waals surface area contributed by atoms with Gasteiger partial charge in [0.25, 0.3) is 5.91 Å². The lowest BCUT2D eigenvalue weighted by molar-refractivity contribution is 0.0621. The first-order valence-corrected chi connectivity index (χ1v) is 9.79. The minimum atomic E-state index is -0.0794. The quantitative estimate of drug-likeness (QED) is 0.755. The van der Waals surface area contributed by atoms with E-state index in [-0.39, 0.29) is 11.9 Å². The number of hydrogen-bond donors (Lipinski definition) is 1. The number of hydrogen-bond acceptors (Lipinski definition) is 5. The van der Waals surface area contributed by atoms with E-state index in [1.165, 1.54) is 0 Å². The summed E-state index contributed by atoms with van der Waals surface area (Å²) in [5, 5.41) is 3.24. The van der Waals surface area contributed by atoms with E-state index in [4.69, 9.17) is 9.15 Å². The van der Waals surface area contributed by atoms with E-state index < -0.39 is 0 Å². The summed E-state index contributed by atoms with van der Waals surface area (Å²) < 4.78 is 11.4. The molecule has 144 valence electrons. The van der Waals surface area contributed by atoms with Crippen molar-refractivity contribution in [2.75, 3.05) is 26.7 Å². The molecule has 1 atom stereocenters. The second-order valence-electron chi connectivity index (χ2n) is 7.59. The number of aromatic nitrogens is 1. The molecular formula is C22H23N3O3. The van der Waals surface area contributed by atoms with Crippen molar-refractivity contribution < 1.29 is 13.9 Å². The zero-order valence-corrected chi connectivity index (χ0v) is 15.9. The summed E-state index contributed by atoms with van der Waals surface area (Å²) in [5.41, 5.74) is 2.51. The Hall–Kier alpha value is -2.86. The Bertz CT molecular complexity index is 1020. The van der Waals surface area contributed by atoms with Gasteiger partial charge in [0.1, 0.15) is 11.3 Å². The molecule has 0 aliphatic carbocycles. The number of amides is 1. The number of benzene rings is 2. The molecule has 1 N–H and O–H groups in total. The van der Waals surface area contributed by atoms with Crippen molar-refractivity contribution in [3.8, 4) is 17.2 Å². The van der Waals surface area contributed by atoms with E-state index in [9.17, 15) is 4.79 Å². The van der Waals surface area contributed by atoms with Crippen LogP contribution in [0.2, 0.25) is 0 Å². The van der Waals surface area contributed by atoms with Gasteiger partial charge in [-0.2, -0.15) is 0 Å². The largest absolute Gasteiger partial charge is 0.496 e. The number of carbonyl (C=O) groups is 1. The van der Waals surface area contributed by atoms with Crippen LogP contribution < -0.4 is 10.1 Å². The Balaban J connectivity index is 1.47. The van der Waals surface area contributed by atoms with Gasteiger partial charge in [-0.1, -0.05) is 18.2 Å². The third-order valence-corrected chi connectivity index (χ3v) is 5.97. The molecule has 2 aromatic carbocycles.